The fourth-order valence-corrected chi connectivity index (χ4v) is 1.18. The minimum absolute atomic E-state index is 0.963. The summed E-state index contributed by atoms with van der Waals surface area (Å²) in [6.07, 6.45) is 4.01. The van der Waals surface area contributed by atoms with Crippen LogP contribution in [0.3, 0.4) is 0 Å². The average molecular weight is 203 g/mol. The first-order valence-electron chi connectivity index (χ1n) is 5.10. The highest BCUT2D eigenvalue weighted by molar-refractivity contribution is 5.81. The summed E-state index contributed by atoms with van der Waals surface area (Å²) in [5.74, 6) is 0. The lowest BCUT2D eigenvalue weighted by atomic mass is 10.0. The molecular weight excluding hydrogens is 182 g/mol. The first kappa shape index (κ1) is 13.6. The van der Waals surface area contributed by atoms with Crippen LogP contribution in [0.1, 0.15) is 34.6 Å². The van der Waals surface area contributed by atoms with Crippen LogP contribution >= 0.6 is 0 Å². The van der Waals surface area contributed by atoms with E-state index >= 15 is 0 Å². The molecule has 0 heterocycles. The molecule has 0 aromatic carbocycles. The van der Waals surface area contributed by atoms with Crippen molar-refractivity contribution in [3.05, 3.63) is 47.7 Å². The van der Waals surface area contributed by atoms with Crippen molar-refractivity contribution < 1.29 is 0 Å². The molecule has 0 N–H and O–H groups in total. The minimum atomic E-state index is 0.963. The molecule has 82 valence electrons. The van der Waals surface area contributed by atoms with Crippen molar-refractivity contribution in [3.63, 3.8) is 0 Å². The predicted molar refractivity (Wildman–Crippen MR) is 70.3 cm³/mol. The number of aliphatic imine (C=N–C) groups is 1. The van der Waals surface area contributed by atoms with Gasteiger partial charge in [-0.25, -0.2) is 0 Å². The van der Waals surface area contributed by atoms with Gasteiger partial charge in [-0.15, -0.1) is 0 Å². The Morgan fingerprint density at radius 2 is 1.60 bits per heavy atom. The molecule has 0 bridgehead atoms. The quantitative estimate of drug-likeness (QED) is 0.473. The predicted octanol–water partition coefficient (Wildman–Crippen LogP) is 4.45. The lowest BCUT2D eigenvalue weighted by Gasteiger charge is -2.08. The van der Waals surface area contributed by atoms with Gasteiger partial charge in [0, 0.05) is 11.3 Å². The van der Waals surface area contributed by atoms with Crippen LogP contribution in [0.5, 0.6) is 0 Å². The van der Waals surface area contributed by atoms with E-state index in [2.05, 4.69) is 18.2 Å². The Kier molecular flexibility index (Phi) is 5.61. The first-order valence-corrected chi connectivity index (χ1v) is 5.10. The highest BCUT2D eigenvalue weighted by Gasteiger charge is 2.03. The lowest BCUT2D eigenvalue weighted by molar-refractivity contribution is 1.24. The monoisotopic (exact) mass is 203 g/mol. The lowest BCUT2D eigenvalue weighted by Crippen LogP contribution is -1.92. The van der Waals surface area contributed by atoms with Crippen molar-refractivity contribution in [2.45, 2.75) is 34.6 Å². The molecule has 0 aliphatic carbocycles. The molecular formula is C14H21N. The Morgan fingerprint density at radius 1 is 1.07 bits per heavy atom. The molecule has 0 fully saturated rings. The third-order valence-corrected chi connectivity index (χ3v) is 1.74. The van der Waals surface area contributed by atoms with Crippen LogP contribution in [0.4, 0.5) is 0 Å². The zero-order valence-electron chi connectivity index (χ0n) is 10.5. The highest BCUT2D eigenvalue weighted by Crippen LogP contribution is 2.20. The van der Waals surface area contributed by atoms with Gasteiger partial charge >= 0.3 is 0 Å². The molecule has 0 aromatic rings. The van der Waals surface area contributed by atoms with Gasteiger partial charge in [-0.2, -0.15) is 0 Å². The van der Waals surface area contributed by atoms with E-state index in [-0.39, 0.29) is 0 Å². The molecule has 0 aliphatic rings. The number of nitrogens with zero attached hydrogens (tertiary/aromatic N) is 1. The Labute approximate surface area is 93.6 Å². The summed E-state index contributed by atoms with van der Waals surface area (Å²) in [6, 6.07) is 0. The van der Waals surface area contributed by atoms with Crippen LogP contribution < -0.4 is 0 Å². The molecule has 0 rings (SSSR count). The third-order valence-electron chi connectivity index (χ3n) is 1.74. The molecule has 1 nitrogen and oxygen atoms in total. The largest absolute Gasteiger partial charge is 0.258 e. The summed E-state index contributed by atoms with van der Waals surface area (Å²) in [5.41, 5.74) is 5.08. The summed E-state index contributed by atoms with van der Waals surface area (Å²) < 4.78 is 0. The van der Waals surface area contributed by atoms with Crippen molar-refractivity contribution in [3.8, 4) is 0 Å². The maximum atomic E-state index is 4.48. The topological polar surface area (TPSA) is 12.4 Å². The maximum Gasteiger partial charge on any atom is 0.0661 e. The second-order valence-electron chi connectivity index (χ2n) is 3.92. The van der Waals surface area contributed by atoms with E-state index in [1.165, 1.54) is 0 Å². The normalized spacial score (nSPS) is 12.3. The Bertz CT molecular complexity index is 348. The summed E-state index contributed by atoms with van der Waals surface area (Å²) in [5, 5.41) is 0. The molecule has 0 atom stereocenters. The minimum Gasteiger partial charge on any atom is -0.258 e. The molecule has 0 unspecified atom stereocenters. The van der Waals surface area contributed by atoms with Gasteiger partial charge in [0.2, 0.25) is 0 Å². The SMILES string of the molecule is C=C(C)/C=C(C(=C)C)\C(=C/C)N=C(C)C. The van der Waals surface area contributed by atoms with Gasteiger partial charge < -0.3 is 0 Å². The van der Waals surface area contributed by atoms with Gasteiger partial charge in [0.1, 0.15) is 0 Å². The van der Waals surface area contributed by atoms with Crippen LogP contribution in [0.15, 0.2) is 52.7 Å². The number of allylic oxidation sites excluding steroid dienone is 4. The van der Waals surface area contributed by atoms with Gasteiger partial charge in [0.25, 0.3) is 0 Å². The van der Waals surface area contributed by atoms with Gasteiger partial charge in [-0.3, -0.25) is 4.99 Å². The molecule has 15 heavy (non-hydrogen) atoms. The standard InChI is InChI=1S/C14H21N/c1-8-14(15-12(6)7)13(11(4)5)9-10(2)3/h8-9H,2,4H2,1,3,5-7H3/b13-9-,14-8+. The molecule has 0 amide bonds. The molecule has 1 heteroatoms. The smallest absolute Gasteiger partial charge is 0.0661 e. The van der Waals surface area contributed by atoms with Crippen LogP contribution in [0, 0.1) is 0 Å². The van der Waals surface area contributed by atoms with Crippen molar-refractivity contribution in [1.29, 1.82) is 0 Å². The van der Waals surface area contributed by atoms with E-state index in [0.29, 0.717) is 0 Å². The zero-order chi connectivity index (χ0) is 12.0. The van der Waals surface area contributed by atoms with Crippen molar-refractivity contribution >= 4 is 5.71 Å². The second-order valence-corrected chi connectivity index (χ2v) is 3.92. The van der Waals surface area contributed by atoms with Crippen molar-refractivity contribution in [1.82, 2.24) is 0 Å². The fraction of sp³-hybridized carbons (Fsp3) is 0.357. The first-order chi connectivity index (χ1) is 6.88. The summed E-state index contributed by atoms with van der Waals surface area (Å²) >= 11 is 0. The number of hydrogen-bond acceptors (Lipinski definition) is 1. The number of hydrogen-bond donors (Lipinski definition) is 0. The summed E-state index contributed by atoms with van der Waals surface area (Å²) in [7, 11) is 0. The van der Waals surface area contributed by atoms with Gasteiger partial charge in [0.15, 0.2) is 0 Å². The van der Waals surface area contributed by atoms with E-state index in [4.69, 9.17) is 0 Å². The van der Waals surface area contributed by atoms with E-state index in [9.17, 15) is 0 Å². The van der Waals surface area contributed by atoms with Gasteiger partial charge in [-0.05, 0) is 40.2 Å². The Hall–Kier alpha value is -1.37. The molecule has 0 aromatic heterocycles. The van der Waals surface area contributed by atoms with Gasteiger partial charge in [-0.1, -0.05) is 30.9 Å². The van der Waals surface area contributed by atoms with Crippen LogP contribution in [-0.2, 0) is 0 Å². The second kappa shape index (κ2) is 6.18. The van der Waals surface area contributed by atoms with Crippen LogP contribution in [0.25, 0.3) is 0 Å². The molecule has 0 aliphatic heterocycles. The average Bonchev–Trinajstić information content (AvgIpc) is 2.09. The maximum absolute atomic E-state index is 4.48. The van der Waals surface area contributed by atoms with E-state index in [1.54, 1.807) is 0 Å². The van der Waals surface area contributed by atoms with Gasteiger partial charge in [0.05, 0.1) is 5.70 Å². The van der Waals surface area contributed by atoms with Crippen molar-refractivity contribution in [2.24, 2.45) is 4.99 Å². The van der Waals surface area contributed by atoms with E-state index < -0.39 is 0 Å². The van der Waals surface area contributed by atoms with E-state index in [0.717, 1.165) is 28.1 Å². The molecule has 0 spiro atoms. The third kappa shape index (κ3) is 5.16. The molecule has 0 saturated heterocycles. The van der Waals surface area contributed by atoms with Crippen LogP contribution in [0.2, 0.25) is 0 Å². The molecule has 0 radical (unpaired) electrons. The van der Waals surface area contributed by atoms with Crippen molar-refractivity contribution in [2.75, 3.05) is 0 Å². The molecule has 0 saturated carbocycles. The number of rotatable bonds is 4. The highest BCUT2D eigenvalue weighted by atomic mass is 14.7. The Morgan fingerprint density at radius 3 is 1.87 bits per heavy atom. The zero-order valence-corrected chi connectivity index (χ0v) is 10.5. The summed E-state index contributed by atoms with van der Waals surface area (Å²) in [6.45, 7) is 17.8. The van der Waals surface area contributed by atoms with E-state index in [1.807, 2.05) is 46.8 Å². The summed E-state index contributed by atoms with van der Waals surface area (Å²) in [4.78, 5) is 4.48. The Balaban J connectivity index is 5.35. The fourth-order valence-electron chi connectivity index (χ4n) is 1.18. The van der Waals surface area contributed by atoms with Crippen LogP contribution in [-0.4, -0.2) is 5.71 Å².